The van der Waals surface area contributed by atoms with Crippen LogP contribution in [0.2, 0.25) is 0 Å². The van der Waals surface area contributed by atoms with Gasteiger partial charge in [0.25, 0.3) is 0 Å². The van der Waals surface area contributed by atoms with E-state index in [1.165, 1.54) is 6.92 Å². The van der Waals surface area contributed by atoms with Gasteiger partial charge in [0, 0.05) is 5.57 Å². The second kappa shape index (κ2) is 4.16. The fraction of sp³-hybridized carbons (Fsp3) is 0.100. The van der Waals surface area contributed by atoms with Crippen molar-refractivity contribution in [3.63, 3.8) is 0 Å². The molecule has 1 aromatic rings. The average Bonchev–Trinajstić information content (AvgIpc) is 2.18. The lowest BCUT2D eigenvalue weighted by Gasteiger charge is -2.05. The lowest BCUT2D eigenvalue weighted by molar-refractivity contribution is -0.130. The van der Waals surface area contributed by atoms with Crippen LogP contribution in [0.4, 0.5) is 13.2 Å². The highest BCUT2D eigenvalue weighted by Gasteiger charge is 2.16. The first-order valence-corrected chi connectivity index (χ1v) is 3.94. The van der Waals surface area contributed by atoms with Gasteiger partial charge in [0.15, 0.2) is 17.4 Å². The third-order valence-electron chi connectivity index (χ3n) is 1.55. The van der Waals surface area contributed by atoms with E-state index in [0.717, 1.165) is 6.07 Å². The van der Waals surface area contributed by atoms with Crippen molar-refractivity contribution in [3.8, 4) is 5.75 Å². The summed E-state index contributed by atoms with van der Waals surface area (Å²) in [5.74, 6) is -6.13. The zero-order chi connectivity index (χ0) is 11.6. The molecule has 0 bridgehead atoms. The Labute approximate surface area is 84.0 Å². The summed E-state index contributed by atoms with van der Waals surface area (Å²) in [4.78, 5) is 11.0. The van der Waals surface area contributed by atoms with Gasteiger partial charge in [0.1, 0.15) is 0 Å². The van der Waals surface area contributed by atoms with Crippen LogP contribution in [0, 0.1) is 17.5 Å². The summed E-state index contributed by atoms with van der Waals surface area (Å²) in [7, 11) is 0. The van der Waals surface area contributed by atoms with Crippen molar-refractivity contribution in [3.05, 3.63) is 41.7 Å². The standard InChI is InChI=1S/C10H7F3O2/c1-5(2)10(14)15-7-4-3-6(11)8(12)9(7)13/h3-4H,1H2,2H3. The summed E-state index contributed by atoms with van der Waals surface area (Å²) < 4.78 is 42.5. The lowest BCUT2D eigenvalue weighted by Crippen LogP contribution is -2.10. The number of esters is 1. The molecular formula is C10H7F3O2. The van der Waals surface area contributed by atoms with Crippen molar-refractivity contribution in [1.82, 2.24) is 0 Å². The first-order valence-electron chi connectivity index (χ1n) is 3.94. The maximum Gasteiger partial charge on any atom is 0.338 e. The molecule has 5 heteroatoms. The van der Waals surface area contributed by atoms with Gasteiger partial charge in [-0.05, 0) is 19.1 Å². The Morgan fingerprint density at radius 3 is 2.40 bits per heavy atom. The van der Waals surface area contributed by atoms with E-state index in [4.69, 9.17) is 0 Å². The summed E-state index contributed by atoms with van der Waals surface area (Å²) in [5, 5.41) is 0. The van der Waals surface area contributed by atoms with Crippen molar-refractivity contribution in [2.45, 2.75) is 6.92 Å². The van der Waals surface area contributed by atoms with E-state index in [-0.39, 0.29) is 5.57 Å². The van der Waals surface area contributed by atoms with Crippen LogP contribution < -0.4 is 4.74 Å². The van der Waals surface area contributed by atoms with E-state index >= 15 is 0 Å². The largest absolute Gasteiger partial charge is 0.420 e. The Kier molecular flexibility index (Phi) is 3.14. The number of hydrogen-bond acceptors (Lipinski definition) is 2. The Balaban J connectivity index is 3.02. The summed E-state index contributed by atoms with van der Waals surface area (Å²) in [6.45, 7) is 4.60. The van der Waals surface area contributed by atoms with E-state index in [9.17, 15) is 18.0 Å². The third-order valence-corrected chi connectivity index (χ3v) is 1.55. The first-order chi connectivity index (χ1) is 6.93. The topological polar surface area (TPSA) is 26.3 Å². The van der Waals surface area contributed by atoms with Gasteiger partial charge in [-0.25, -0.2) is 13.6 Å². The van der Waals surface area contributed by atoms with Gasteiger partial charge in [-0.3, -0.25) is 0 Å². The number of benzene rings is 1. The van der Waals surface area contributed by atoms with E-state index < -0.39 is 29.2 Å². The molecule has 0 aliphatic carbocycles. The minimum atomic E-state index is -1.68. The third kappa shape index (κ3) is 2.37. The molecule has 0 N–H and O–H groups in total. The quantitative estimate of drug-likeness (QED) is 0.328. The van der Waals surface area contributed by atoms with Gasteiger partial charge in [-0.1, -0.05) is 6.58 Å². The van der Waals surface area contributed by atoms with Gasteiger partial charge in [-0.2, -0.15) is 4.39 Å². The molecule has 0 unspecified atom stereocenters. The predicted molar refractivity (Wildman–Crippen MR) is 46.8 cm³/mol. The van der Waals surface area contributed by atoms with Crippen LogP contribution in [-0.4, -0.2) is 5.97 Å². The smallest absolute Gasteiger partial charge is 0.338 e. The zero-order valence-electron chi connectivity index (χ0n) is 7.81. The zero-order valence-corrected chi connectivity index (χ0v) is 7.81. The summed E-state index contributed by atoms with van der Waals surface area (Å²) in [5.41, 5.74) is 0.0270. The van der Waals surface area contributed by atoms with Crippen molar-refractivity contribution in [2.24, 2.45) is 0 Å². The second-order valence-corrected chi connectivity index (χ2v) is 2.84. The summed E-state index contributed by atoms with van der Waals surface area (Å²) >= 11 is 0. The molecule has 0 radical (unpaired) electrons. The molecule has 0 fully saturated rings. The van der Waals surface area contributed by atoms with E-state index in [0.29, 0.717) is 6.07 Å². The summed E-state index contributed by atoms with van der Waals surface area (Å²) in [6.07, 6.45) is 0. The van der Waals surface area contributed by atoms with Gasteiger partial charge in [-0.15, -0.1) is 0 Å². The SMILES string of the molecule is C=C(C)C(=O)Oc1ccc(F)c(F)c1F. The van der Waals surface area contributed by atoms with Crippen molar-refractivity contribution in [1.29, 1.82) is 0 Å². The molecule has 15 heavy (non-hydrogen) atoms. The van der Waals surface area contributed by atoms with E-state index in [1.54, 1.807) is 0 Å². The minimum absolute atomic E-state index is 0.0270. The molecule has 0 amide bonds. The molecule has 0 saturated carbocycles. The Bertz CT molecular complexity index is 427. The van der Waals surface area contributed by atoms with Crippen LogP contribution in [0.5, 0.6) is 5.75 Å². The van der Waals surface area contributed by atoms with E-state index in [1.807, 2.05) is 0 Å². The molecule has 1 rings (SSSR count). The van der Waals surface area contributed by atoms with Gasteiger partial charge in [0.2, 0.25) is 5.82 Å². The number of hydrogen-bond donors (Lipinski definition) is 0. The van der Waals surface area contributed by atoms with Crippen molar-refractivity contribution in [2.75, 3.05) is 0 Å². The highest BCUT2D eigenvalue weighted by molar-refractivity contribution is 5.88. The van der Waals surface area contributed by atoms with Gasteiger partial charge < -0.3 is 4.74 Å². The molecular weight excluding hydrogens is 209 g/mol. The number of rotatable bonds is 2. The molecule has 0 heterocycles. The minimum Gasteiger partial charge on any atom is -0.420 e. The van der Waals surface area contributed by atoms with Crippen LogP contribution >= 0.6 is 0 Å². The van der Waals surface area contributed by atoms with Crippen LogP contribution in [0.1, 0.15) is 6.92 Å². The number of halogens is 3. The Hall–Kier alpha value is -1.78. The molecule has 0 saturated heterocycles. The maximum atomic E-state index is 13.0. The van der Waals surface area contributed by atoms with Crippen LogP contribution in [0.25, 0.3) is 0 Å². The normalized spacial score (nSPS) is 9.87. The van der Waals surface area contributed by atoms with Crippen LogP contribution in [0.3, 0.4) is 0 Å². The molecule has 0 spiro atoms. The lowest BCUT2D eigenvalue weighted by atomic mass is 10.3. The molecule has 0 aromatic heterocycles. The average molecular weight is 216 g/mol. The molecule has 0 aliphatic heterocycles. The number of ether oxygens (including phenoxy) is 1. The van der Waals surface area contributed by atoms with Crippen LogP contribution in [0.15, 0.2) is 24.3 Å². The Morgan fingerprint density at radius 1 is 1.27 bits per heavy atom. The molecule has 2 nitrogen and oxygen atoms in total. The fourth-order valence-corrected chi connectivity index (χ4v) is 0.774. The Morgan fingerprint density at radius 2 is 1.87 bits per heavy atom. The molecule has 0 atom stereocenters. The van der Waals surface area contributed by atoms with Crippen LogP contribution in [-0.2, 0) is 4.79 Å². The molecule has 1 aromatic carbocycles. The van der Waals surface area contributed by atoms with Gasteiger partial charge >= 0.3 is 5.97 Å². The van der Waals surface area contributed by atoms with E-state index in [2.05, 4.69) is 11.3 Å². The highest BCUT2D eigenvalue weighted by Crippen LogP contribution is 2.22. The molecule has 80 valence electrons. The first kappa shape index (κ1) is 11.3. The monoisotopic (exact) mass is 216 g/mol. The summed E-state index contributed by atoms with van der Waals surface area (Å²) in [6, 6.07) is 1.49. The second-order valence-electron chi connectivity index (χ2n) is 2.84. The predicted octanol–water partition coefficient (Wildman–Crippen LogP) is 2.59. The van der Waals surface area contributed by atoms with Crippen molar-refractivity contribution < 1.29 is 22.7 Å². The number of carbonyl (C=O) groups is 1. The molecule has 0 aliphatic rings. The maximum absolute atomic E-state index is 13.0. The van der Waals surface area contributed by atoms with Gasteiger partial charge in [0.05, 0.1) is 0 Å². The number of carbonyl (C=O) groups excluding carboxylic acids is 1. The highest BCUT2D eigenvalue weighted by atomic mass is 19.2. The van der Waals surface area contributed by atoms with Crippen molar-refractivity contribution >= 4 is 5.97 Å². The fourth-order valence-electron chi connectivity index (χ4n) is 0.774.